The van der Waals surface area contributed by atoms with Crippen molar-refractivity contribution in [1.82, 2.24) is 0 Å². The molecule has 0 bridgehead atoms. The first-order valence-electron chi connectivity index (χ1n) is 14.0. The summed E-state index contributed by atoms with van der Waals surface area (Å²) >= 11 is 3.90. The van der Waals surface area contributed by atoms with Crippen LogP contribution in [0.5, 0.6) is 5.75 Å². The normalized spacial score (nSPS) is 39.3. The number of hydrogen-bond acceptors (Lipinski definition) is 3. The fourth-order valence-corrected chi connectivity index (χ4v) is 9.14. The lowest BCUT2D eigenvalue weighted by atomic mass is 9.47. The van der Waals surface area contributed by atoms with Crippen LogP contribution in [0.15, 0.2) is 34.3 Å². The average Bonchev–Trinajstić information content (AvgIpc) is 3.25. The summed E-state index contributed by atoms with van der Waals surface area (Å²) in [5.41, 5.74) is 4.03. The highest BCUT2D eigenvalue weighted by Crippen LogP contribution is 2.66. The van der Waals surface area contributed by atoms with Gasteiger partial charge in [0.15, 0.2) is 5.79 Å². The second-order valence-corrected chi connectivity index (χ2v) is 14.4. The van der Waals surface area contributed by atoms with Gasteiger partial charge in [-0.15, -0.1) is 0 Å². The standard InChI is InChI=1S/C31H43BrO3/c1-28(2)19-34-31(35-20-28)15-14-30(17-21-16-23(33-4)8-10-27(21)32)22(18-31)7-9-24-25-6-5-12-29(25,3)13-11-26(24)30/h8,10-11,16,22,24-25H,5-7,9,12-15,17-20H2,1-4H3/t22-,24-,25-,29-,30+/m0/s1. The summed E-state index contributed by atoms with van der Waals surface area (Å²) in [6.07, 6.45) is 15.2. The Bertz CT molecular complexity index is 1000. The summed E-state index contributed by atoms with van der Waals surface area (Å²) in [6.45, 7) is 8.70. The lowest BCUT2D eigenvalue weighted by molar-refractivity contribution is -0.324. The molecule has 1 aliphatic heterocycles. The van der Waals surface area contributed by atoms with Gasteiger partial charge in [-0.1, -0.05) is 54.8 Å². The molecule has 1 heterocycles. The van der Waals surface area contributed by atoms with Crippen molar-refractivity contribution in [3.63, 3.8) is 0 Å². The van der Waals surface area contributed by atoms with Gasteiger partial charge in [0.05, 0.1) is 20.3 Å². The molecule has 5 atom stereocenters. The van der Waals surface area contributed by atoms with Crippen molar-refractivity contribution in [2.75, 3.05) is 20.3 Å². The number of ether oxygens (including phenoxy) is 3. The Labute approximate surface area is 220 Å². The number of hydrogen-bond donors (Lipinski definition) is 0. The smallest absolute Gasteiger partial charge is 0.168 e. The van der Waals surface area contributed by atoms with Crippen LogP contribution in [0.25, 0.3) is 0 Å². The van der Waals surface area contributed by atoms with Crippen LogP contribution in [0.1, 0.15) is 84.1 Å². The number of fused-ring (bicyclic) bond motifs is 5. The highest BCUT2D eigenvalue weighted by Gasteiger charge is 2.59. The third kappa shape index (κ3) is 4.05. The van der Waals surface area contributed by atoms with Crippen molar-refractivity contribution < 1.29 is 14.2 Å². The molecule has 0 amide bonds. The quantitative estimate of drug-likeness (QED) is 0.361. The maximum Gasteiger partial charge on any atom is 0.168 e. The Morgan fingerprint density at radius 3 is 2.60 bits per heavy atom. The van der Waals surface area contributed by atoms with E-state index in [1.165, 1.54) is 48.6 Å². The largest absolute Gasteiger partial charge is 0.497 e. The third-order valence-electron chi connectivity index (χ3n) is 10.7. The van der Waals surface area contributed by atoms with E-state index in [0.29, 0.717) is 11.3 Å². The SMILES string of the molecule is COc1ccc(Br)c(C[C@]23CCC4(C[C@@H]2CC[C@@H]2C3=CC[C@]3(C)CCC[C@@H]23)OCC(C)(C)CO4)c1. The molecule has 1 saturated heterocycles. The molecule has 0 aromatic heterocycles. The number of allylic oxidation sites excluding steroid dienone is 2. The average molecular weight is 544 g/mol. The van der Waals surface area contributed by atoms with Gasteiger partial charge in [-0.2, -0.15) is 0 Å². The van der Waals surface area contributed by atoms with Crippen LogP contribution in [-0.2, 0) is 15.9 Å². The lowest BCUT2D eigenvalue weighted by Crippen LogP contribution is -2.57. The van der Waals surface area contributed by atoms with Gasteiger partial charge in [0.2, 0.25) is 0 Å². The van der Waals surface area contributed by atoms with Gasteiger partial charge >= 0.3 is 0 Å². The van der Waals surface area contributed by atoms with Crippen molar-refractivity contribution in [3.05, 3.63) is 39.9 Å². The molecule has 1 spiro atoms. The molecule has 0 radical (unpaired) electrons. The Balaban J connectivity index is 1.38. The molecule has 3 saturated carbocycles. The van der Waals surface area contributed by atoms with Crippen LogP contribution in [-0.4, -0.2) is 26.1 Å². The Morgan fingerprint density at radius 1 is 1.03 bits per heavy atom. The summed E-state index contributed by atoms with van der Waals surface area (Å²) in [6, 6.07) is 6.50. The fraction of sp³-hybridized carbons (Fsp3) is 0.742. The molecule has 4 heteroatoms. The lowest BCUT2D eigenvalue weighted by Gasteiger charge is -2.60. The number of methoxy groups -OCH3 is 1. The van der Waals surface area contributed by atoms with E-state index in [2.05, 4.69) is 61.0 Å². The molecule has 6 rings (SSSR count). The van der Waals surface area contributed by atoms with Crippen LogP contribution in [0, 0.1) is 34.0 Å². The molecular formula is C31H43BrO3. The van der Waals surface area contributed by atoms with Crippen molar-refractivity contribution >= 4 is 15.9 Å². The number of halogens is 1. The van der Waals surface area contributed by atoms with Crippen LogP contribution < -0.4 is 4.74 Å². The molecule has 4 aliphatic carbocycles. The predicted octanol–water partition coefficient (Wildman–Crippen LogP) is 8.10. The van der Waals surface area contributed by atoms with Gasteiger partial charge in [-0.25, -0.2) is 0 Å². The maximum absolute atomic E-state index is 6.58. The maximum atomic E-state index is 6.58. The van der Waals surface area contributed by atoms with Crippen molar-refractivity contribution in [2.45, 2.75) is 90.8 Å². The molecule has 0 unspecified atom stereocenters. The van der Waals surface area contributed by atoms with Crippen LogP contribution in [0.2, 0.25) is 0 Å². The number of benzene rings is 1. The highest BCUT2D eigenvalue weighted by atomic mass is 79.9. The molecule has 192 valence electrons. The molecule has 0 N–H and O–H groups in total. The summed E-state index contributed by atoms with van der Waals surface area (Å²) in [5.74, 6) is 2.81. The van der Waals surface area contributed by atoms with Crippen LogP contribution in [0.3, 0.4) is 0 Å². The van der Waals surface area contributed by atoms with E-state index < -0.39 is 0 Å². The molecule has 35 heavy (non-hydrogen) atoms. The minimum absolute atomic E-state index is 0.113. The van der Waals surface area contributed by atoms with E-state index in [1.807, 2.05) is 0 Å². The third-order valence-corrected chi connectivity index (χ3v) is 11.5. The summed E-state index contributed by atoms with van der Waals surface area (Å²) in [7, 11) is 1.78. The van der Waals surface area contributed by atoms with Gasteiger partial charge in [-0.05, 0) is 97.3 Å². The van der Waals surface area contributed by atoms with E-state index in [-0.39, 0.29) is 16.6 Å². The minimum atomic E-state index is -0.376. The molecule has 1 aromatic rings. The Morgan fingerprint density at radius 2 is 1.83 bits per heavy atom. The van der Waals surface area contributed by atoms with E-state index in [1.54, 1.807) is 12.7 Å². The van der Waals surface area contributed by atoms with Gasteiger partial charge in [0, 0.05) is 22.7 Å². The van der Waals surface area contributed by atoms with Gasteiger partial charge in [0.25, 0.3) is 0 Å². The zero-order valence-corrected chi connectivity index (χ0v) is 23.7. The summed E-state index contributed by atoms with van der Waals surface area (Å²) in [5, 5.41) is 0. The van der Waals surface area contributed by atoms with E-state index in [9.17, 15) is 0 Å². The van der Waals surface area contributed by atoms with Crippen molar-refractivity contribution in [1.29, 1.82) is 0 Å². The Kier molecular flexibility index (Phi) is 6.02. The molecule has 5 aliphatic rings. The zero-order valence-electron chi connectivity index (χ0n) is 22.1. The van der Waals surface area contributed by atoms with E-state index >= 15 is 0 Å². The van der Waals surface area contributed by atoms with Crippen molar-refractivity contribution in [3.8, 4) is 5.75 Å². The molecular weight excluding hydrogens is 500 g/mol. The highest BCUT2D eigenvalue weighted by molar-refractivity contribution is 9.10. The number of rotatable bonds is 3. The fourth-order valence-electron chi connectivity index (χ4n) is 8.76. The Hall–Kier alpha value is -0.840. The van der Waals surface area contributed by atoms with Gasteiger partial charge in [0.1, 0.15) is 5.75 Å². The summed E-state index contributed by atoms with van der Waals surface area (Å²) in [4.78, 5) is 0. The monoisotopic (exact) mass is 542 g/mol. The summed E-state index contributed by atoms with van der Waals surface area (Å²) < 4.78 is 20.0. The van der Waals surface area contributed by atoms with Gasteiger partial charge < -0.3 is 14.2 Å². The first-order chi connectivity index (χ1) is 16.7. The minimum Gasteiger partial charge on any atom is -0.497 e. The molecule has 1 aromatic carbocycles. The molecule has 3 nitrogen and oxygen atoms in total. The second kappa shape index (κ2) is 8.60. The van der Waals surface area contributed by atoms with E-state index in [0.717, 1.165) is 56.5 Å². The first kappa shape index (κ1) is 24.5. The topological polar surface area (TPSA) is 27.7 Å². The van der Waals surface area contributed by atoms with E-state index in [4.69, 9.17) is 14.2 Å². The predicted molar refractivity (Wildman–Crippen MR) is 143 cm³/mol. The molecule has 4 fully saturated rings. The first-order valence-corrected chi connectivity index (χ1v) is 14.8. The van der Waals surface area contributed by atoms with Crippen LogP contribution >= 0.6 is 15.9 Å². The van der Waals surface area contributed by atoms with Crippen LogP contribution in [0.4, 0.5) is 0 Å². The second-order valence-electron chi connectivity index (χ2n) is 13.5. The zero-order chi connectivity index (χ0) is 24.5. The van der Waals surface area contributed by atoms with Gasteiger partial charge in [-0.3, -0.25) is 0 Å². The van der Waals surface area contributed by atoms with Crippen molar-refractivity contribution in [2.24, 2.45) is 34.0 Å².